The number of nitrogens with zero attached hydrogens (tertiary/aromatic N) is 2. The number of piperidine rings is 1. The zero-order valence-corrected chi connectivity index (χ0v) is 11.8. The lowest BCUT2D eigenvalue weighted by Crippen LogP contribution is -2.43. The molecule has 1 aromatic heterocycles. The fourth-order valence-electron chi connectivity index (χ4n) is 3.47. The molecular weight excluding hydrogens is 238 g/mol. The van der Waals surface area contributed by atoms with E-state index in [9.17, 15) is 4.79 Å². The molecule has 19 heavy (non-hydrogen) atoms. The van der Waals surface area contributed by atoms with Gasteiger partial charge in [0.25, 0.3) is 5.91 Å². The number of nitrogens with one attached hydrogen (secondary N) is 1. The Morgan fingerprint density at radius 2 is 2.11 bits per heavy atom. The van der Waals surface area contributed by atoms with E-state index < -0.39 is 0 Å². The first-order valence-electron chi connectivity index (χ1n) is 7.32. The van der Waals surface area contributed by atoms with E-state index in [0.717, 1.165) is 25.3 Å². The van der Waals surface area contributed by atoms with E-state index in [1.165, 1.54) is 13.0 Å². The van der Waals surface area contributed by atoms with Crippen molar-refractivity contribution in [2.75, 3.05) is 26.2 Å². The van der Waals surface area contributed by atoms with Crippen LogP contribution < -0.4 is 0 Å². The number of aromatic amines is 1. The standard InChI is InChI=1S/C15H23N3O/c1-11(2)17-7-5-12-8-18(10-13(12)9-17)15(19)14-4-3-6-16-14/h3-4,6,11-13,16H,5,7-10H2,1-2H3/t12-,13+/m1/s1. The van der Waals surface area contributed by atoms with Crippen LogP contribution in [0.25, 0.3) is 0 Å². The van der Waals surface area contributed by atoms with Crippen molar-refractivity contribution in [1.82, 2.24) is 14.8 Å². The molecule has 2 aliphatic heterocycles. The molecule has 2 saturated heterocycles. The number of hydrogen-bond acceptors (Lipinski definition) is 2. The van der Waals surface area contributed by atoms with Gasteiger partial charge in [0.1, 0.15) is 5.69 Å². The van der Waals surface area contributed by atoms with E-state index in [0.29, 0.717) is 17.9 Å². The Kier molecular flexibility index (Phi) is 3.35. The van der Waals surface area contributed by atoms with E-state index in [1.54, 1.807) is 0 Å². The molecule has 2 fully saturated rings. The fraction of sp³-hybridized carbons (Fsp3) is 0.667. The van der Waals surface area contributed by atoms with Crippen molar-refractivity contribution in [3.05, 3.63) is 24.0 Å². The van der Waals surface area contributed by atoms with Crippen LogP contribution in [0.1, 0.15) is 30.8 Å². The van der Waals surface area contributed by atoms with Gasteiger partial charge in [-0.1, -0.05) is 0 Å². The molecule has 0 spiro atoms. The highest BCUT2D eigenvalue weighted by Gasteiger charge is 2.39. The SMILES string of the molecule is CC(C)N1CC[C@@H]2CN(C(=O)c3ccc[nH]3)C[C@@H]2C1. The number of carbonyl (C=O) groups excluding carboxylic acids is 1. The number of likely N-dealkylation sites (tertiary alicyclic amines) is 2. The molecule has 2 aliphatic rings. The van der Waals surface area contributed by atoms with Crippen molar-refractivity contribution in [2.45, 2.75) is 26.3 Å². The minimum atomic E-state index is 0.162. The van der Waals surface area contributed by atoms with E-state index in [1.807, 2.05) is 23.2 Å². The molecule has 0 bridgehead atoms. The molecule has 0 aromatic carbocycles. The second-order valence-electron chi connectivity index (χ2n) is 6.19. The maximum atomic E-state index is 12.3. The van der Waals surface area contributed by atoms with Crippen LogP contribution in [0.2, 0.25) is 0 Å². The largest absolute Gasteiger partial charge is 0.357 e. The van der Waals surface area contributed by atoms with Crippen molar-refractivity contribution in [1.29, 1.82) is 0 Å². The number of H-pyrrole nitrogens is 1. The Labute approximate surface area is 114 Å². The predicted molar refractivity (Wildman–Crippen MR) is 75.0 cm³/mol. The highest BCUT2D eigenvalue weighted by atomic mass is 16.2. The fourth-order valence-corrected chi connectivity index (χ4v) is 3.47. The molecule has 4 heteroatoms. The molecule has 2 atom stereocenters. The minimum Gasteiger partial charge on any atom is -0.357 e. The van der Waals surface area contributed by atoms with Crippen LogP contribution in [0.3, 0.4) is 0 Å². The summed E-state index contributed by atoms with van der Waals surface area (Å²) in [7, 11) is 0. The van der Waals surface area contributed by atoms with Gasteiger partial charge in [0, 0.05) is 31.9 Å². The Hall–Kier alpha value is -1.29. The minimum absolute atomic E-state index is 0.162. The number of rotatable bonds is 2. The molecule has 0 aliphatic carbocycles. The molecule has 1 aromatic rings. The Morgan fingerprint density at radius 1 is 1.32 bits per heavy atom. The first-order valence-corrected chi connectivity index (χ1v) is 7.32. The van der Waals surface area contributed by atoms with Gasteiger partial charge in [-0.3, -0.25) is 4.79 Å². The van der Waals surface area contributed by atoms with Crippen molar-refractivity contribution < 1.29 is 4.79 Å². The lowest BCUT2D eigenvalue weighted by Gasteiger charge is -2.36. The summed E-state index contributed by atoms with van der Waals surface area (Å²) in [4.78, 5) is 19.9. The summed E-state index contributed by atoms with van der Waals surface area (Å²) in [5.74, 6) is 1.53. The summed E-state index contributed by atoms with van der Waals surface area (Å²) < 4.78 is 0. The van der Waals surface area contributed by atoms with E-state index in [-0.39, 0.29) is 5.91 Å². The maximum Gasteiger partial charge on any atom is 0.270 e. The number of hydrogen-bond donors (Lipinski definition) is 1. The summed E-state index contributed by atoms with van der Waals surface area (Å²) in [6.07, 6.45) is 3.05. The molecular formula is C15H23N3O. The molecule has 4 nitrogen and oxygen atoms in total. The van der Waals surface area contributed by atoms with Gasteiger partial charge in [0.05, 0.1) is 0 Å². The van der Waals surface area contributed by atoms with Crippen LogP contribution in [0, 0.1) is 11.8 Å². The zero-order chi connectivity index (χ0) is 13.4. The lowest BCUT2D eigenvalue weighted by molar-refractivity contribution is 0.0778. The average Bonchev–Trinajstić information content (AvgIpc) is 3.06. The van der Waals surface area contributed by atoms with Crippen LogP contribution in [0.15, 0.2) is 18.3 Å². The normalized spacial score (nSPS) is 27.8. The van der Waals surface area contributed by atoms with Crippen molar-refractivity contribution >= 4 is 5.91 Å². The summed E-state index contributed by atoms with van der Waals surface area (Å²) in [6, 6.07) is 4.37. The highest BCUT2D eigenvalue weighted by Crippen LogP contribution is 2.32. The second kappa shape index (κ2) is 5.00. The zero-order valence-electron chi connectivity index (χ0n) is 11.8. The quantitative estimate of drug-likeness (QED) is 0.882. The van der Waals surface area contributed by atoms with Crippen molar-refractivity contribution in [3.8, 4) is 0 Å². The number of amides is 1. The molecule has 104 valence electrons. The first kappa shape index (κ1) is 12.7. The van der Waals surface area contributed by atoms with Gasteiger partial charge in [0.15, 0.2) is 0 Å². The Morgan fingerprint density at radius 3 is 2.79 bits per heavy atom. The molecule has 0 saturated carbocycles. The van der Waals surface area contributed by atoms with Crippen LogP contribution in [-0.2, 0) is 0 Å². The topological polar surface area (TPSA) is 39.3 Å². The van der Waals surface area contributed by atoms with Gasteiger partial charge in [-0.15, -0.1) is 0 Å². The third kappa shape index (κ3) is 2.41. The first-order chi connectivity index (χ1) is 9.15. The predicted octanol–water partition coefficient (Wildman–Crippen LogP) is 1.82. The van der Waals surface area contributed by atoms with E-state index in [4.69, 9.17) is 0 Å². The van der Waals surface area contributed by atoms with E-state index >= 15 is 0 Å². The van der Waals surface area contributed by atoms with Gasteiger partial charge in [0.2, 0.25) is 0 Å². The lowest BCUT2D eigenvalue weighted by atomic mass is 9.88. The molecule has 3 rings (SSSR count). The summed E-state index contributed by atoms with van der Waals surface area (Å²) in [6.45, 7) is 8.72. The van der Waals surface area contributed by atoms with Crippen molar-refractivity contribution in [3.63, 3.8) is 0 Å². The molecule has 1 N–H and O–H groups in total. The number of aromatic nitrogens is 1. The number of fused-ring (bicyclic) bond motifs is 1. The number of carbonyl (C=O) groups is 1. The van der Waals surface area contributed by atoms with E-state index in [2.05, 4.69) is 23.7 Å². The third-order valence-corrected chi connectivity index (χ3v) is 4.68. The third-order valence-electron chi connectivity index (χ3n) is 4.68. The van der Waals surface area contributed by atoms with Gasteiger partial charge in [-0.05, 0) is 50.8 Å². The van der Waals surface area contributed by atoms with Gasteiger partial charge in [-0.25, -0.2) is 0 Å². The monoisotopic (exact) mass is 261 g/mol. The Bertz CT molecular complexity index is 440. The molecule has 0 unspecified atom stereocenters. The summed E-state index contributed by atoms with van der Waals surface area (Å²) in [5, 5.41) is 0. The van der Waals surface area contributed by atoms with Gasteiger partial charge in [-0.2, -0.15) is 0 Å². The van der Waals surface area contributed by atoms with Gasteiger partial charge >= 0.3 is 0 Å². The molecule has 0 radical (unpaired) electrons. The average molecular weight is 261 g/mol. The van der Waals surface area contributed by atoms with Crippen molar-refractivity contribution in [2.24, 2.45) is 11.8 Å². The van der Waals surface area contributed by atoms with Crippen LogP contribution >= 0.6 is 0 Å². The second-order valence-corrected chi connectivity index (χ2v) is 6.19. The van der Waals surface area contributed by atoms with Crippen LogP contribution in [0.5, 0.6) is 0 Å². The smallest absolute Gasteiger partial charge is 0.270 e. The van der Waals surface area contributed by atoms with Crippen LogP contribution in [-0.4, -0.2) is 52.9 Å². The summed E-state index contributed by atoms with van der Waals surface area (Å²) in [5.41, 5.74) is 0.722. The van der Waals surface area contributed by atoms with Gasteiger partial charge < -0.3 is 14.8 Å². The molecule has 1 amide bonds. The molecule has 3 heterocycles. The maximum absolute atomic E-state index is 12.3. The van der Waals surface area contributed by atoms with Crippen LogP contribution in [0.4, 0.5) is 0 Å². The Balaban J connectivity index is 1.65. The summed E-state index contributed by atoms with van der Waals surface area (Å²) >= 11 is 0. The highest BCUT2D eigenvalue weighted by molar-refractivity contribution is 5.92.